The van der Waals surface area contributed by atoms with Gasteiger partial charge in [0.1, 0.15) is 6.17 Å². The van der Waals surface area contributed by atoms with Gasteiger partial charge in [0.2, 0.25) is 0 Å². The Labute approximate surface area is 106 Å². The molecule has 0 radical (unpaired) electrons. The van der Waals surface area contributed by atoms with Gasteiger partial charge in [-0.25, -0.2) is 0 Å². The molecule has 90 valence electrons. The van der Waals surface area contributed by atoms with Gasteiger partial charge in [-0.2, -0.15) is 0 Å². The van der Waals surface area contributed by atoms with Crippen molar-refractivity contribution in [3.05, 3.63) is 65.7 Å². The quantitative estimate of drug-likeness (QED) is 0.828. The number of nitrogens with one attached hydrogen (secondary N) is 1. The lowest BCUT2D eigenvalue weighted by Gasteiger charge is -2.35. The number of fused-ring (bicyclic) bond motifs is 1. The molecule has 3 nitrogen and oxygen atoms in total. The highest BCUT2D eigenvalue weighted by atomic mass is 16.2. The molecule has 2 aromatic carbocycles. The molecule has 1 amide bonds. The molecule has 1 unspecified atom stereocenters. The van der Waals surface area contributed by atoms with Crippen LogP contribution in [-0.4, -0.2) is 17.9 Å². The van der Waals surface area contributed by atoms with Crippen LogP contribution in [0.5, 0.6) is 0 Å². The fourth-order valence-corrected chi connectivity index (χ4v) is 2.29. The molecule has 1 aliphatic heterocycles. The van der Waals surface area contributed by atoms with Crippen molar-refractivity contribution in [2.24, 2.45) is 0 Å². The average Bonchev–Trinajstić information content (AvgIpc) is 2.44. The first-order valence-electron chi connectivity index (χ1n) is 5.95. The van der Waals surface area contributed by atoms with Gasteiger partial charge in [-0.1, -0.05) is 42.5 Å². The zero-order valence-electron chi connectivity index (χ0n) is 10.1. The number of carbonyl (C=O) groups is 1. The summed E-state index contributed by atoms with van der Waals surface area (Å²) in [5.74, 6) is 0.0539. The summed E-state index contributed by atoms with van der Waals surface area (Å²) in [6.45, 7) is 0. The van der Waals surface area contributed by atoms with Crippen molar-refractivity contribution in [3.8, 4) is 0 Å². The summed E-state index contributed by atoms with van der Waals surface area (Å²) in [6.07, 6.45) is -0.103. The van der Waals surface area contributed by atoms with E-state index < -0.39 is 0 Å². The van der Waals surface area contributed by atoms with Crippen LogP contribution >= 0.6 is 0 Å². The first-order chi connectivity index (χ1) is 8.77. The van der Waals surface area contributed by atoms with Crippen LogP contribution in [0.15, 0.2) is 54.6 Å². The van der Waals surface area contributed by atoms with Gasteiger partial charge in [-0.3, -0.25) is 4.79 Å². The van der Waals surface area contributed by atoms with E-state index in [1.54, 1.807) is 4.90 Å². The van der Waals surface area contributed by atoms with Crippen LogP contribution in [-0.2, 0) is 0 Å². The van der Waals surface area contributed by atoms with Crippen LogP contribution in [0.1, 0.15) is 22.1 Å². The molecule has 1 atom stereocenters. The fraction of sp³-hybridized carbons (Fsp3) is 0.133. The summed E-state index contributed by atoms with van der Waals surface area (Å²) < 4.78 is 0. The Morgan fingerprint density at radius 1 is 1.00 bits per heavy atom. The SMILES string of the molecule is CN1C(=O)c2ccccc2NC1c1ccccc1. The molecule has 1 heterocycles. The van der Waals surface area contributed by atoms with E-state index in [0.717, 1.165) is 16.8 Å². The number of hydrogen-bond donors (Lipinski definition) is 1. The molecule has 1 aliphatic rings. The molecule has 0 aromatic heterocycles. The lowest BCUT2D eigenvalue weighted by molar-refractivity contribution is 0.0735. The standard InChI is InChI=1S/C15H14N2O/c1-17-14(11-7-3-2-4-8-11)16-13-10-6-5-9-12(13)15(17)18/h2-10,14,16H,1H3. The lowest BCUT2D eigenvalue weighted by Crippen LogP contribution is -2.40. The molecule has 0 fully saturated rings. The monoisotopic (exact) mass is 238 g/mol. The van der Waals surface area contributed by atoms with Gasteiger partial charge < -0.3 is 10.2 Å². The van der Waals surface area contributed by atoms with E-state index in [2.05, 4.69) is 5.32 Å². The second-order valence-corrected chi connectivity index (χ2v) is 4.42. The molecule has 18 heavy (non-hydrogen) atoms. The Bertz CT molecular complexity index is 580. The third kappa shape index (κ3) is 1.64. The maximum Gasteiger partial charge on any atom is 0.257 e. The predicted molar refractivity (Wildman–Crippen MR) is 71.3 cm³/mol. The van der Waals surface area contributed by atoms with Crippen molar-refractivity contribution >= 4 is 11.6 Å². The molecule has 0 aliphatic carbocycles. The zero-order valence-corrected chi connectivity index (χ0v) is 10.1. The van der Waals surface area contributed by atoms with Gasteiger partial charge in [0.25, 0.3) is 5.91 Å². The van der Waals surface area contributed by atoms with Crippen LogP contribution in [0.25, 0.3) is 0 Å². The van der Waals surface area contributed by atoms with Gasteiger partial charge in [0.15, 0.2) is 0 Å². The molecule has 0 saturated carbocycles. The van der Waals surface area contributed by atoms with Gasteiger partial charge in [-0.15, -0.1) is 0 Å². The molecule has 3 rings (SSSR count). The summed E-state index contributed by atoms with van der Waals surface area (Å²) in [4.78, 5) is 14.0. The number of benzene rings is 2. The number of amides is 1. The Balaban J connectivity index is 2.04. The fourth-order valence-electron chi connectivity index (χ4n) is 2.29. The second kappa shape index (κ2) is 4.18. The third-order valence-electron chi connectivity index (χ3n) is 3.27. The molecule has 2 aromatic rings. The van der Waals surface area contributed by atoms with E-state index >= 15 is 0 Å². The van der Waals surface area contributed by atoms with E-state index in [9.17, 15) is 4.79 Å². The number of hydrogen-bond acceptors (Lipinski definition) is 2. The Morgan fingerprint density at radius 2 is 1.67 bits per heavy atom. The van der Waals surface area contributed by atoms with Gasteiger partial charge in [0.05, 0.1) is 5.56 Å². The van der Waals surface area contributed by atoms with Crippen LogP contribution in [0.4, 0.5) is 5.69 Å². The molecule has 0 spiro atoms. The van der Waals surface area contributed by atoms with Crippen LogP contribution in [0.3, 0.4) is 0 Å². The van der Waals surface area contributed by atoms with E-state index in [-0.39, 0.29) is 12.1 Å². The maximum absolute atomic E-state index is 12.3. The second-order valence-electron chi connectivity index (χ2n) is 4.42. The van der Waals surface area contributed by atoms with E-state index in [0.29, 0.717) is 0 Å². The highest BCUT2D eigenvalue weighted by Gasteiger charge is 2.29. The van der Waals surface area contributed by atoms with Gasteiger partial charge in [-0.05, 0) is 17.7 Å². The molecular weight excluding hydrogens is 224 g/mol. The average molecular weight is 238 g/mol. The van der Waals surface area contributed by atoms with Crippen LogP contribution in [0, 0.1) is 0 Å². The van der Waals surface area contributed by atoms with Crippen molar-refractivity contribution in [2.75, 3.05) is 12.4 Å². The lowest BCUT2D eigenvalue weighted by atomic mass is 10.0. The first-order valence-corrected chi connectivity index (χ1v) is 5.95. The highest BCUT2D eigenvalue weighted by molar-refractivity contribution is 6.01. The number of rotatable bonds is 1. The molecule has 0 saturated heterocycles. The number of nitrogens with zero attached hydrogens (tertiary/aromatic N) is 1. The van der Waals surface area contributed by atoms with Crippen molar-refractivity contribution < 1.29 is 4.79 Å². The van der Waals surface area contributed by atoms with Gasteiger partial charge >= 0.3 is 0 Å². The predicted octanol–water partition coefficient (Wildman–Crippen LogP) is 2.88. The van der Waals surface area contributed by atoms with Gasteiger partial charge in [0, 0.05) is 12.7 Å². The summed E-state index contributed by atoms with van der Waals surface area (Å²) in [7, 11) is 1.82. The summed E-state index contributed by atoms with van der Waals surface area (Å²) in [5.41, 5.74) is 2.71. The van der Waals surface area contributed by atoms with E-state index in [1.165, 1.54) is 0 Å². The topological polar surface area (TPSA) is 32.3 Å². The molecular formula is C15H14N2O. The number of anilines is 1. The Hall–Kier alpha value is -2.29. The maximum atomic E-state index is 12.3. The van der Waals surface area contributed by atoms with E-state index in [1.807, 2.05) is 61.6 Å². The number of carbonyl (C=O) groups excluding carboxylic acids is 1. The first kappa shape index (κ1) is 10.8. The van der Waals surface area contributed by atoms with Crippen molar-refractivity contribution in [2.45, 2.75) is 6.17 Å². The minimum Gasteiger partial charge on any atom is -0.361 e. The zero-order chi connectivity index (χ0) is 12.5. The molecule has 1 N–H and O–H groups in total. The van der Waals surface area contributed by atoms with Crippen molar-refractivity contribution in [3.63, 3.8) is 0 Å². The minimum atomic E-state index is -0.103. The smallest absolute Gasteiger partial charge is 0.257 e. The third-order valence-corrected chi connectivity index (χ3v) is 3.27. The molecule has 0 bridgehead atoms. The number of para-hydroxylation sites is 1. The van der Waals surface area contributed by atoms with Crippen LogP contribution in [0.2, 0.25) is 0 Å². The largest absolute Gasteiger partial charge is 0.361 e. The molecule has 3 heteroatoms. The summed E-state index contributed by atoms with van der Waals surface area (Å²) >= 11 is 0. The Morgan fingerprint density at radius 3 is 2.44 bits per heavy atom. The van der Waals surface area contributed by atoms with Crippen molar-refractivity contribution in [1.29, 1.82) is 0 Å². The highest BCUT2D eigenvalue weighted by Crippen LogP contribution is 2.31. The van der Waals surface area contributed by atoms with E-state index in [4.69, 9.17) is 0 Å². The Kier molecular flexibility index (Phi) is 2.52. The minimum absolute atomic E-state index is 0.0539. The summed E-state index contributed by atoms with van der Waals surface area (Å²) in [6, 6.07) is 17.6. The normalized spacial score (nSPS) is 18.2. The summed E-state index contributed by atoms with van der Waals surface area (Å²) in [5, 5.41) is 3.40. The van der Waals surface area contributed by atoms with Crippen LogP contribution < -0.4 is 5.32 Å². The van der Waals surface area contributed by atoms with Crippen molar-refractivity contribution in [1.82, 2.24) is 4.90 Å².